The van der Waals surface area contributed by atoms with Crippen molar-refractivity contribution in [2.24, 2.45) is 7.05 Å². The minimum Gasteiger partial charge on any atom is -0.424 e. The minimum absolute atomic E-state index is 0.0530. The van der Waals surface area contributed by atoms with E-state index in [1.807, 2.05) is 29.8 Å². The number of nitrogens with zero attached hydrogens (tertiary/aromatic N) is 1. The lowest BCUT2D eigenvalue weighted by atomic mass is 10.00. The Morgan fingerprint density at radius 1 is 1.27 bits per heavy atom. The standard InChI is InChI=1S/C18H19NO3/c1-3-4-10-13-16-15(22-18(13)21)11-14(19(16)2)17(20)12-8-6-5-7-9-12/h5-9,11,13H,3-4,10H2,1-2H3. The fourth-order valence-corrected chi connectivity index (χ4v) is 2.99. The number of benzene rings is 1. The lowest BCUT2D eigenvalue weighted by Crippen LogP contribution is -2.16. The number of aromatic nitrogens is 1. The van der Waals surface area contributed by atoms with E-state index in [1.165, 1.54) is 0 Å². The van der Waals surface area contributed by atoms with Crippen molar-refractivity contribution in [3.8, 4) is 5.75 Å². The number of fused-ring (bicyclic) bond motifs is 1. The second-order valence-electron chi connectivity index (χ2n) is 5.65. The molecular formula is C18H19NO3. The molecule has 1 aromatic heterocycles. The molecule has 0 saturated carbocycles. The van der Waals surface area contributed by atoms with Gasteiger partial charge in [0.2, 0.25) is 5.78 Å². The van der Waals surface area contributed by atoms with Gasteiger partial charge in [-0.1, -0.05) is 50.1 Å². The zero-order valence-electron chi connectivity index (χ0n) is 12.8. The van der Waals surface area contributed by atoms with Crippen molar-refractivity contribution in [2.45, 2.75) is 32.1 Å². The molecule has 1 atom stereocenters. The predicted molar refractivity (Wildman–Crippen MR) is 83.2 cm³/mol. The van der Waals surface area contributed by atoms with Crippen LogP contribution in [0.2, 0.25) is 0 Å². The van der Waals surface area contributed by atoms with Crippen LogP contribution in [0.25, 0.3) is 0 Å². The smallest absolute Gasteiger partial charge is 0.320 e. The molecule has 22 heavy (non-hydrogen) atoms. The molecule has 2 aromatic rings. The Kier molecular flexibility index (Phi) is 3.84. The normalized spacial score (nSPS) is 16.5. The van der Waals surface area contributed by atoms with Crippen molar-refractivity contribution in [3.05, 3.63) is 53.3 Å². The van der Waals surface area contributed by atoms with Crippen LogP contribution in [0.1, 0.15) is 53.8 Å². The summed E-state index contributed by atoms with van der Waals surface area (Å²) in [4.78, 5) is 24.6. The molecule has 0 radical (unpaired) electrons. The molecule has 3 rings (SSSR count). The molecule has 0 amide bonds. The number of hydrogen-bond donors (Lipinski definition) is 0. The summed E-state index contributed by atoms with van der Waals surface area (Å²) >= 11 is 0. The molecule has 0 spiro atoms. The number of carbonyl (C=O) groups is 2. The van der Waals surface area contributed by atoms with E-state index in [0.717, 1.165) is 25.0 Å². The van der Waals surface area contributed by atoms with Gasteiger partial charge < -0.3 is 9.30 Å². The highest BCUT2D eigenvalue weighted by Gasteiger charge is 2.37. The predicted octanol–water partition coefficient (Wildman–Crippen LogP) is 3.45. The van der Waals surface area contributed by atoms with Crippen molar-refractivity contribution in [2.75, 3.05) is 0 Å². The fraction of sp³-hybridized carbons (Fsp3) is 0.333. The molecular weight excluding hydrogens is 278 g/mol. The lowest BCUT2D eigenvalue weighted by Gasteiger charge is -2.11. The van der Waals surface area contributed by atoms with E-state index in [-0.39, 0.29) is 17.7 Å². The van der Waals surface area contributed by atoms with Crippen molar-refractivity contribution < 1.29 is 14.3 Å². The third kappa shape index (κ3) is 2.34. The highest BCUT2D eigenvalue weighted by atomic mass is 16.5. The van der Waals surface area contributed by atoms with Crippen LogP contribution in [-0.2, 0) is 11.8 Å². The summed E-state index contributed by atoms with van der Waals surface area (Å²) < 4.78 is 7.17. The van der Waals surface area contributed by atoms with Crippen molar-refractivity contribution >= 4 is 11.8 Å². The van der Waals surface area contributed by atoms with Gasteiger partial charge in [-0.2, -0.15) is 0 Å². The van der Waals surface area contributed by atoms with Crippen molar-refractivity contribution in [1.29, 1.82) is 0 Å². The number of rotatable bonds is 5. The van der Waals surface area contributed by atoms with Crippen LogP contribution < -0.4 is 4.74 Å². The summed E-state index contributed by atoms with van der Waals surface area (Å²) in [5.41, 5.74) is 2.03. The zero-order chi connectivity index (χ0) is 15.7. The number of unbranched alkanes of at least 4 members (excludes halogenated alkanes) is 1. The van der Waals surface area contributed by atoms with E-state index >= 15 is 0 Å². The molecule has 1 unspecified atom stereocenters. The first kappa shape index (κ1) is 14.6. The summed E-state index contributed by atoms with van der Waals surface area (Å²) in [5, 5.41) is 0. The van der Waals surface area contributed by atoms with Gasteiger partial charge in [0.05, 0.1) is 11.4 Å². The summed E-state index contributed by atoms with van der Waals surface area (Å²) in [5.74, 6) is 0.0284. The summed E-state index contributed by atoms with van der Waals surface area (Å²) in [7, 11) is 1.83. The van der Waals surface area contributed by atoms with Gasteiger partial charge in [-0.25, -0.2) is 0 Å². The first-order chi connectivity index (χ1) is 10.6. The Labute approximate surface area is 129 Å². The number of esters is 1. The molecule has 0 saturated heterocycles. The van der Waals surface area contributed by atoms with Gasteiger partial charge in [0.25, 0.3) is 0 Å². The van der Waals surface area contributed by atoms with Crippen LogP contribution in [0.3, 0.4) is 0 Å². The van der Waals surface area contributed by atoms with Gasteiger partial charge >= 0.3 is 5.97 Å². The summed E-state index contributed by atoms with van der Waals surface area (Å²) in [6.45, 7) is 2.09. The summed E-state index contributed by atoms with van der Waals surface area (Å²) in [6.07, 6.45) is 2.75. The number of ketones is 1. The number of hydrogen-bond acceptors (Lipinski definition) is 3. The van der Waals surface area contributed by atoms with Crippen LogP contribution in [0.4, 0.5) is 0 Å². The van der Waals surface area contributed by atoms with Crippen LogP contribution in [0.5, 0.6) is 5.75 Å². The molecule has 1 aliphatic rings. The zero-order valence-corrected chi connectivity index (χ0v) is 12.8. The topological polar surface area (TPSA) is 48.3 Å². The molecule has 0 N–H and O–H groups in total. The second kappa shape index (κ2) is 5.79. The quantitative estimate of drug-likeness (QED) is 0.627. The molecule has 4 nitrogen and oxygen atoms in total. The first-order valence-electron chi connectivity index (χ1n) is 7.64. The van der Waals surface area contributed by atoms with E-state index in [1.54, 1.807) is 18.2 Å². The van der Waals surface area contributed by atoms with Crippen LogP contribution in [0, 0.1) is 0 Å². The Hall–Kier alpha value is -2.36. The Bertz CT molecular complexity index is 715. The van der Waals surface area contributed by atoms with Gasteiger partial charge in [0.1, 0.15) is 5.92 Å². The van der Waals surface area contributed by atoms with Crippen molar-refractivity contribution in [1.82, 2.24) is 4.57 Å². The number of carbonyl (C=O) groups excluding carboxylic acids is 2. The largest absolute Gasteiger partial charge is 0.424 e. The SMILES string of the molecule is CCCCC1C(=O)Oc2cc(C(=O)c3ccccc3)n(C)c21. The maximum absolute atomic E-state index is 12.6. The minimum atomic E-state index is -0.253. The monoisotopic (exact) mass is 297 g/mol. The third-order valence-electron chi connectivity index (χ3n) is 4.18. The van der Waals surface area contributed by atoms with E-state index < -0.39 is 0 Å². The fourth-order valence-electron chi connectivity index (χ4n) is 2.99. The lowest BCUT2D eigenvalue weighted by molar-refractivity contribution is -0.134. The molecule has 0 fully saturated rings. The molecule has 0 bridgehead atoms. The first-order valence-corrected chi connectivity index (χ1v) is 7.64. The summed E-state index contributed by atoms with van der Waals surface area (Å²) in [6, 6.07) is 10.8. The van der Waals surface area contributed by atoms with Crippen LogP contribution in [0.15, 0.2) is 36.4 Å². The maximum atomic E-state index is 12.6. The molecule has 2 heterocycles. The van der Waals surface area contributed by atoms with Gasteiger partial charge in [-0.05, 0) is 6.42 Å². The van der Waals surface area contributed by atoms with Gasteiger partial charge in [0, 0.05) is 18.7 Å². The Morgan fingerprint density at radius 2 is 2.00 bits per heavy atom. The second-order valence-corrected chi connectivity index (χ2v) is 5.65. The Morgan fingerprint density at radius 3 is 2.68 bits per heavy atom. The molecule has 1 aromatic carbocycles. The van der Waals surface area contributed by atoms with E-state index in [9.17, 15) is 9.59 Å². The van der Waals surface area contributed by atoms with E-state index in [0.29, 0.717) is 17.0 Å². The molecule has 0 aliphatic carbocycles. The third-order valence-corrected chi connectivity index (χ3v) is 4.18. The molecule has 114 valence electrons. The van der Waals surface area contributed by atoms with Gasteiger partial charge in [0.15, 0.2) is 5.75 Å². The van der Waals surface area contributed by atoms with Gasteiger partial charge in [-0.3, -0.25) is 9.59 Å². The van der Waals surface area contributed by atoms with Crippen LogP contribution >= 0.6 is 0 Å². The van der Waals surface area contributed by atoms with E-state index in [2.05, 4.69) is 6.92 Å². The van der Waals surface area contributed by atoms with Crippen molar-refractivity contribution in [3.63, 3.8) is 0 Å². The molecule has 4 heteroatoms. The van der Waals surface area contributed by atoms with Gasteiger partial charge in [-0.15, -0.1) is 0 Å². The maximum Gasteiger partial charge on any atom is 0.320 e. The number of ether oxygens (including phenoxy) is 1. The van der Waals surface area contributed by atoms with E-state index in [4.69, 9.17) is 4.74 Å². The average Bonchev–Trinajstić information content (AvgIpc) is 3.01. The average molecular weight is 297 g/mol. The Balaban J connectivity index is 1.96. The molecule has 1 aliphatic heterocycles. The van der Waals surface area contributed by atoms with Crippen LogP contribution in [-0.4, -0.2) is 16.3 Å². The highest BCUT2D eigenvalue weighted by molar-refractivity contribution is 6.08. The highest BCUT2D eigenvalue weighted by Crippen LogP contribution is 2.40.